The minimum Gasteiger partial charge on any atom is -0.392 e. The van der Waals surface area contributed by atoms with Crippen molar-refractivity contribution in [2.24, 2.45) is 0 Å². The molecule has 0 fully saturated rings. The maximum Gasteiger partial charge on any atom is 0.754 e. The summed E-state index contributed by atoms with van der Waals surface area (Å²) < 4.78 is 181. The van der Waals surface area contributed by atoms with Gasteiger partial charge in [0.25, 0.3) is 0 Å². The summed E-state index contributed by atoms with van der Waals surface area (Å²) in [5.41, 5.74) is -10.3. The summed E-state index contributed by atoms with van der Waals surface area (Å²) in [6.45, 7) is 2.81. The third-order valence-corrected chi connectivity index (χ3v) is 7.76. The summed E-state index contributed by atoms with van der Waals surface area (Å²) in [6.07, 6.45) is -8.88. The molecule has 0 unspecified atom stereocenters. The lowest BCUT2D eigenvalue weighted by molar-refractivity contribution is -0.373. The molecule has 0 aliphatic heterocycles. The fourth-order valence-corrected chi connectivity index (χ4v) is 5.05. The summed E-state index contributed by atoms with van der Waals surface area (Å²) in [7, 11) is -16.1. The van der Waals surface area contributed by atoms with Crippen LogP contribution in [0.25, 0.3) is 0 Å². The van der Waals surface area contributed by atoms with Gasteiger partial charge in [-0.2, -0.15) is 39.5 Å². The Morgan fingerprint density at radius 2 is 1.26 bits per heavy atom. The molecular formula is C16H21F13O4Si2. The molecule has 0 rings (SSSR count). The van der Waals surface area contributed by atoms with Gasteiger partial charge in [0.15, 0.2) is 0 Å². The third kappa shape index (κ3) is 9.23. The van der Waals surface area contributed by atoms with E-state index in [4.69, 9.17) is 0 Å². The Labute approximate surface area is 193 Å². The number of unbranched alkanes of at least 4 members (excludes halogenated alkanes) is 6. The van der Waals surface area contributed by atoms with E-state index in [9.17, 15) is 60.7 Å². The molecule has 0 bridgehead atoms. The second kappa shape index (κ2) is 12.3. The molecule has 0 amide bonds. The Hall–Kier alpha value is -1.35. The highest BCUT2D eigenvalue weighted by Gasteiger charge is 2.88. The predicted octanol–water partition coefficient (Wildman–Crippen LogP) is 7.09. The molecule has 0 atom stereocenters. The Morgan fingerprint density at radius 3 is 1.71 bits per heavy atom. The molecule has 0 saturated heterocycles. The van der Waals surface area contributed by atoms with Crippen LogP contribution in [-0.2, 0) is 18.1 Å². The van der Waals surface area contributed by atoms with Gasteiger partial charge in [-0.25, -0.2) is 21.2 Å². The van der Waals surface area contributed by atoms with E-state index >= 15 is 0 Å². The summed E-state index contributed by atoms with van der Waals surface area (Å²) in [5, 5.41) is 0. The topological polar surface area (TPSA) is 44.8 Å². The Kier molecular flexibility index (Phi) is 11.8. The quantitative estimate of drug-likeness (QED) is 0.0489. The molecule has 0 saturated carbocycles. The maximum absolute atomic E-state index is 13.6. The number of carbonyl (C=O) groups excluding carboxylic acids is 1. The summed E-state index contributed by atoms with van der Waals surface area (Å²) in [5.74, 6) is -10.9. The molecule has 208 valence electrons. The van der Waals surface area contributed by atoms with E-state index in [1.807, 2.05) is 13.5 Å². The van der Waals surface area contributed by atoms with Crippen LogP contribution in [0.15, 0.2) is 12.2 Å². The number of alkyl halides is 9. The molecule has 0 aromatic rings. The highest BCUT2D eigenvalue weighted by molar-refractivity contribution is 6.72. The van der Waals surface area contributed by atoms with Crippen LogP contribution in [0.3, 0.4) is 0 Å². The van der Waals surface area contributed by atoms with Gasteiger partial charge in [0.2, 0.25) is 0 Å². The zero-order chi connectivity index (χ0) is 27.9. The van der Waals surface area contributed by atoms with Crippen LogP contribution < -0.4 is 0 Å². The summed E-state index contributed by atoms with van der Waals surface area (Å²) >= 11 is 0. The molecule has 0 aromatic carbocycles. The Morgan fingerprint density at radius 1 is 0.800 bits per heavy atom. The number of ether oxygens (including phenoxy) is 1. The van der Waals surface area contributed by atoms with Crippen molar-refractivity contribution in [3.63, 3.8) is 0 Å². The van der Waals surface area contributed by atoms with Crippen molar-refractivity contribution in [1.29, 1.82) is 0 Å². The molecule has 4 nitrogen and oxygen atoms in total. The molecule has 0 N–H and O–H groups in total. The highest BCUT2D eigenvalue weighted by atomic mass is 28.5. The van der Waals surface area contributed by atoms with Gasteiger partial charge in [-0.05, 0) is 6.42 Å². The highest BCUT2D eigenvalue weighted by Crippen LogP contribution is 2.52. The molecule has 0 radical (unpaired) electrons. The van der Waals surface area contributed by atoms with Gasteiger partial charge in [0.1, 0.15) is 5.57 Å². The van der Waals surface area contributed by atoms with Crippen molar-refractivity contribution < 1.29 is 74.0 Å². The number of rotatable bonds is 16. The van der Waals surface area contributed by atoms with Gasteiger partial charge in [-0.15, -0.1) is 0 Å². The molecule has 35 heavy (non-hydrogen) atoms. The SMILES string of the molecule is C=C(C(=O)OC(F)(F)C(F)(F)C(F)(F)[Si](F)(F)O[Si](F)(F)OCCCCCCCCC)C(F)(F)F. The van der Waals surface area contributed by atoms with Gasteiger partial charge in [0.05, 0.1) is 0 Å². The fraction of sp³-hybridized carbons (Fsp3) is 0.812. The smallest absolute Gasteiger partial charge is 0.392 e. The monoisotopic (exact) mass is 580 g/mol. The molecule has 0 aromatic heterocycles. The molecule has 0 aliphatic carbocycles. The van der Waals surface area contributed by atoms with Gasteiger partial charge >= 0.3 is 47.9 Å². The van der Waals surface area contributed by atoms with Gasteiger partial charge in [-0.1, -0.05) is 52.0 Å². The van der Waals surface area contributed by atoms with Crippen LogP contribution in [0.1, 0.15) is 51.9 Å². The summed E-state index contributed by atoms with van der Waals surface area (Å²) in [6, 6.07) is 0. The number of hydrogen-bond acceptors (Lipinski definition) is 4. The van der Waals surface area contributed by atoms with Crippen LogP contribution >= 0.6 is 0 Å². The normalized spacial score (nSPS) is 14.2. The Balaban J connectivity index is 5.29. The fourth-order valence-electron chi connectivity index (χ4n) is 2.22. The molecular weight excluding hydrogens is 559 g/mol. The van der Waals surface area contributed by atoms with Crippen molar-refractivity contribution in [1.82, 2.24) is 0 Å². The second-order valence-corrected chi connectivity index (χ2v) is 10.8. The number of hydrogen-bond donors (Lipinski definition) is 0. The average Bonchev–Trinajstić information content (AvgIpc) is 2.67. The van der Waals surface area contributed by atoms with Crippen molar-refractivity contribution in [2.45, 2.75) is 75.6 Å². The average molecular weight is 580 g/mol. The van der Waals surface area contributed by atoms with Crippen LogP contribution in [0.2, 0.25) is 0 Å². The zero-order valence-electron chi connectivity index (χ0n) is 17.9. The lowest BCUT2D eigenvalue weighted by Crippen LogP contribution is -2.68. The van der Waals surface area contributed by atoms with Crippen LogP contribution in [0.5, 0.6) is 0 Å². The van der Waals surface area contributed by atoms with Crippen molar-refractivity contribution >= 4 is 24.2 Å². The largest absolute Gasteiger partial charge is 0.754 e. The van der Waals surface area contributed by atoms with E-state index in [0.717, 1.165) is 19.3 Å². The van der Waals surface area contributed by atoms with E-state index < -0.39 is 60.1 Å². The second-order valence-electron chi connectivity index (χ2n) is 7.08. The van der Waals surface area contributed by atoms with E-state index in [2.05, 4.69) is 13.3 Å². The first kappa shape index (κ1) is 33.7. The number of halogens is 13. The van der Waals surface area contributed by atoms with Gasteiger partial charge in [0, 0.05) is 6.61 Å². The first-order valence-corrected chi connectivity index (χ1v) is 13.0. The first-order valence-electron chi connectivity index (χ1n) is 9.78. The van der Waals surface area contributed by atoms with Crippen molar-refractivity contribution in [2.75, 3.05) is 6.61 Å². The molecule has 19 heteroatoms. The van der Waals surface area contributed by atoms with Gasteiger partial charge < -0.3 is 13.3 Å². The van der Waals surface area contributed by atoms with Crippen LogP contribution in [-0.4, -0.2) is 54.5 Å². The minimum absolute atomic E-state index is 0.172. The predicted molar refractivity (Wildman–Crippen MR) is 97.1 cm³/mol. The van der Waals surface area contributed by atoms with Crippen molar-refractivity contribution in [3.05, 3.63) is 12.2 Å². The number of esters is 1. The molecule has 0 aliphatic rings. The zero-order valence-corrected chi connectivity index (χ0v) is 19.9. The van der Waals surface area contributed by atoms with Gasteiger partial charge in [-0.3, -0.25) is 0 Å². The lowest BCUT2D eigenvalue weighted by atomic mass is 10.1. The number of carbonyl (C=O) groups is 1. The summed E-state index contributed by atoms with van der Waals surface area (Å²) in [4.78, 5) is 10.9. The van der Waals surface area contributed by atoms with E-state index in [1.165, 1.54) is 0 Å². The van der Waals surface area contributed by atoms with Crippen molar-refractivity contribution in [3.8, 4) is 0 Å². The molecule has 0 heterocycles. The first-order chi connectivity index (χ1) is 15.6. The molecule has 0 spiro atoms. The lowest BCUT2D eigenvalue weighted by Gasteiger charge is -2.34. The Bertz CT molecular complexity index is 714. The van der Waals surface area contributed by atoms with Crippen LogP contribution in [0.4, 0.5) is 55.9 Å². The van der Waals surface area contributed by atoms with E-state index in [1.54, 1.807) is 0 Å². The van der Waals surface area contributed by atoms with E-state index in [0.29, 0.717) is 12.8 Å². The minimum atomic E-state index is -8.83. The third-order valence-electron chi connectivity index (χ3n) is 4.20. The van der Waals surface area contributed by atoms with E-state index in [-0.39, 0.29) is 12.8 Å². The standard InChI is InChI=1S/C16H21F13O4Si2/c1-3-4-5-6-7-8-9-10-31-35(28,29)33-34(26,27)16(24,25)14(20,21)15(22,23)32-12(30)11(2)13(17,18)19/h2-10H2,1H3. The van der Waals surface area contributed by atoms with Crippen LogP contribution in [0, 0.1) is 0 Å². The maximum atomic E-state index is 13.6.